The van der Waals surface area contributed by atoms with Gasteiger partial charge >= 0.3 is 0 Å². The van der Waals surface area contributed by atoms with Gasteiger partial charge in [-0.1, -0.05) is 53.4 Å². The number of hydrogen-bond acceptors (Lipinski definition) is 6. The van der Waals surface area contributed by atoms with E-state index in [1.807, 2.05) is 68.4 Å². The Morgan fingerprint density at radius 1 is 1.15 bits per heavy atom. The number of ether oxygens (including phenoxy) is 1. The second kappa shape index (κ2) is 8.82. The molecule has 7 heteroatoms. The van der Waals surface area contributed by atoms with Crippen LogP contribution in [-0.4, -0.2) is 21.4 Å². The Balaban J connectivity index is 1.50. The van der Waals surface area contributed by atoms with E-state index in [2.05, 4.69) is 15.5 Å². The molecule has 0 fully saturated rings. The van der Waals surface area contributed by atoms with Crippen LogP contribution < -0.4 is 10.1 Å². The lowest BCUT2D eigenvalue weighted by Crippen LogP contribution is -2.22. The molecule has 1 aromatic heterocycles. The number of nitrogens with one attached hydrogen (secondary N) is 1. The minimum Gasteiger partial charge on any atom is -0.489 e. The van der Waals surface area contributed by atoms with Gasteiger partial charge in [-0.3, -0.25) is 4.79 Å². The van der Waals surface area contributed by atoms with Crippen molar-refractivity contribution in [2.45, 2.75) is 30.0 Å². The van der Waals surface area contributed by atoms with Crippen LogP contribution in [-0.2, 0) is 11.4 Å². The molecule has 26 heavy (non-hydrogen) atoms. The Hall–Kier alpha value is -2.38. The van der Waals surface area contributed by atoms with Gasteiger partial charge in [0.05, 0.1) is 5.25 Å². The minimum absolute atomic E-state index is 0.0687. The molecule has 0 aliphatic carbocycles. The van der Waals surface area contributed by atoms with Crippen LogP contribution in [0, 0.1) is 6.92 Å². The zero-order chi connectivity index (χ0) is 18.4. The molecule has 1 atom stereocenters. The summed E-state index contributed by atoms with van der Waals surface area (Å²) in [5, 5.41) is 11.6. The van der Waals surface area contributed by atoms with Crippen LogP contribution in [0.25, 0.3) is 0 Å². The summed E-state index contributed by atoms with van der Waals surface area (Å²) in [6, 6.07) is 17.4. The van der Waals surface area contributed by atoms with E-state index in [1.54, 1.807) is 0 Å². The number of rotatable bonds is 7. The highest BCUT2D eigenvalue weighted by Crippen LogP contribution is 2.27. The topological polar surface area (TPSA) is 64.1 Å². The fourth-order valence-electron chi connectivity index (χ4n) is 2.15. The normalized spacial score (nSPS) is 11.8. The summed E-state index contributed by atoms with van der Waals surface area (Å²) < 4.78 is 6.55. The maximum absolute atomic E-state index is 12.3. The molecule has 0 bridgehead atoms. The Labute approximate surface area is 160 Å². The zero-order valence-corrected chi connectivity index (χ0v) is 16.1. The number of amides is 1. The lowest BCUT2D eigenvalue weighted by Gasteiger charge is -2.11. The van der Waals surface area contributed by atoms with Gasteiger partial charge in [-0.2, -0.15) is 0 Å². The molecule has 3 aromatic rings. The number of carbonyl (C=O) groups excluding carboxylic acids is 1. The third kappa shape index (κ3) is 5.31. The Morgan fingerprint density at radius 2 is 1.88 bits per heavy atom. The zero-order valence-electron chi connectivity index (χ0n) is 14.5. The first-order chi connectivity index (χ1) is 12.6. The van der Waals surface area contributed by atoms with Gasteiger partial charge in [0, 0.05) is 5.69 Å². The van der Waals surface area contributed by atoms with E-state index in [-0.39, 0.29) is 11.2 Å². The lowest BCUT2D eigenvalue weighted by atomic mass is 10.2. The van der Waals surface area contributed by atoms with Crippen LogP contribution in [0.1, 0.15) is 17.5 Å². The number of carbonyl (C=O) groups is 1. The molecule has 0 spiro atoms. The number of aromatic nitrogens is 2. The predicted octanol–water partition coefficient (Wildman–Crippen LogP) is 4.54. The summed E-state index contributed by atoms with van der Waals surface area (Å²) in [5.74, 6) is 0.694. The highest BCUT2D eigenvalue weighted by Gasteiger charge is 2.16. The average Bonchev–Trinajstić information content (AvgIpc) is 3.06. The van der Waals surface area contributed by atoms with Crippen molar-refractivity contribution in [1.29, 1.82) is 0 Å². The number of benzene rings is 2. The largest absolute Gasteiger partial charge is 0.489 e. The molecule has 1 N–H and O–H groups in total. The van der Waals surface area contributed by atoms with Crippen LogP contribution in [0.15, 0.2) is 58.9 Å². The third-order valence-electron chi connectivity index (χ3n) is 3.52. The Morgan fingerprint density at radius 3 is 2.54 bits per heavy atom. The number of anilines is 1. The van der Waals surface area contributed by atoms with Gasteiger partial charge in [0.2, 0.25) is 5.91 Å². The monoisotopic (exact) mass is 385 g/mol. The highest BCUT2D eigenvalue weighted by molar-refractivity contribution is 8.02. The number of hydrogen-bond donors (Lipinski definition) is 1. The molecule has 0 saturated heterocycles. The molecule has 1 heterocycles. The Kier molecular flexibility index (Phi) is 6.25. The summed E-state index contributed by atoms with van der Waals surface area (Å²) in [7, 11) is 0. The standard InChI is InChI=1S/C19H19N3O2S2/c1-13(25-19-22-21-14(2)26-19)18(23)20-16-8-10-17(11-9-16)24-12-15-6-4-3-5-7-15/h3-11,13H,12H2,1-2H3,(H,20,23)/t13-/m1/s1. The van der Waals surface area contributed by atoms with Crippen molar-refractivity contribution in [3.05, 3.63) is 65.2 Å². The van der Waals surface area contributed by atoms with Crippen molar-refractivity contribution in [3.8, 4) is 5.75 Å². The molecular weight excluding hydrogens is 366 g/mol. The van der Waals surface area contributed by atoms with Gasteiger partial charge in [0.1, 0.15) is 17.4 Å². The SMILES string of the molecule is Cc1nnc(S[C@H](C)C(=O)Nc2ccc(OCc3ccccc3)cc2)s1. The van der Waals surface area contributed by atoms with E-state index < -0.39 is 0 Å². The first-order valence-electron chi connectivity index (χ1n) is 8.14. The lowest BCUT2D eigenvalue weighted by molar-refractivity contribution is -0.115. The second-order valence-electron chi connectivity index (χ2n) is 5.63. The minimum atomic E-state index is -0.253. The molecule has 0 unspecified atom stereocenters. The Bertz CT molecular complexity index is 851. The molecule has 2 aromatic carbocycles. The first kappa shape index (κ1) is 18.4. The van der Waals surface area contributed by atoms with Crippen molar-refractivity contribution in [1.82, 2.24) is 10.2 Å². The summed E-state index contributed by atoms with van der Waals surface area (Å²) >= 11 is 2.90. The van der Waals surface area contributed by atoms with Crippen LogP contribution >= 0.6 is 23.1 Å². The van der Waals surface area contributed by atoms with Gasteiger partial charge in [-0.05, 0) is 43.7 Å². The molecule has 5 nitrogen and oxygen atoms in total. The van der Waals surface area contributed by atoms with Gasteiger partial charge in [-0.25, -0.2) is 0 Å². The quantitative estimate of drug-likeness (QED) is 0.605. The third-order valence-corrected chi connectivity index (χ3v) is 5.55. The predicted molar refractivity (Wildman–Crippen MR) is 106 cm³/mol. The smallest absolute Gasteiger partial charge is 0.237 e. The molecule has 0 radical (unpaired) electrons. The molecular formula is C19H19N3O2S2. The van der Waals surface area contributed by atoms with Crippen molar-refractivity contribution in [3.63, 3.8) is 0 Å². The molecule has 134 valence electrons. The van der Waals surface area contributed by atoms with Crippen LogP contribution in [0.5, 0.6) is 5.75 Å². The summed E-state index contributed by atoms with van der Waals surface area (Å²) in [6.45, 7) is 4.27. The highest BCUT2D eigenvalue weighted by atomic mass is 32.2. The van der Waals surface area contributed by atoms with Crippen molar-refractivity contribution in [2.24, 2.45) is 0 Å². The fraction of sp³-hybridized carbons (Fsp3) is 0.211. The summed E-state index contributed by atoms with van der Waals surface area (Å²) in [6.07, 6.45) is 0. The average molecular weight is 386 g/mol. The molecule has 1 amide bonds. The maximum Gasteiger partial charge on any atom is 0.237 e. The molecule has 0 aliphatic heterocycles. The maximum atomic E-state index is 12.3. The van der Waals surface area contributed by atoms with E-state index >= 15 is 0 Å². The molecule has 3 rings (SSSR count). The van der Waals surface area contributed by atoms with Crippen molar-refractivity contribution < 1.29 is 9.53 Å². The van der Waals surface area contributed by atoms with E-state index in [4.69, 9.17) is 4.74 Å². The second-order valence-corrected chi connectivity index (χ2v) is 8.40. The van der Waals surface area contributed by atoms with E-state index in [9.17, 15) is 4.79 Å². The number of thioether (sulfide) groups is 1. The van der Waals surface area contributed by atoms with Crippen molar-refractivity contribution >= 4 is 34.7 Å². The number of aryl methyl sites for hydroxylation is 1. The van der Waals surface area contributed by atoms with Gasteiger partial charge < -0.3 is 10.1 Å². The van der Waals surface area contributed by atoms with Gasteiger partial charge in [0.25, 0.3) is 0 Å². The van der Waals surface area contributed by atoms with E-state index in [0.717, 1.165) is 26.3 Å². The molecule has 0 aliphatic rings. The summed E-state index contributed by atoms with van der Waals surface area (Å²) in [4.78, 5) is 12.3. The van der Waals surface area contributed by atoms with Crippen LogP contribution in [0.2, 0.25) is 0 Å². The summed E-state index contributed by atoms with van der Waals surface area (Å²) in [5.41, 5.74) is 1.85. The van der Waals surface area contributed by atoms with Crippen LogP contribution in [0.4, 0.5) is 5.69 Å². The van der Waals surface area contributed by atoms with Crippen LogP contribution in [0.3, 0.4) is 0 Å². The van der Waals surface area contributed by atoms with E-state index in [0.29, 0.717) is 6.61 Å². The fourth-order valence-corrected chi connectivity index (χ4v) is 4.11. The molecule has 0 saturated carbocycles. The van der Waals surface area contributed by atoms with Gasteiger partial charge in [0.15, 0.2) is 4.34 Å². The van der Waals surface area contributed by atoms with E-state index in [1.165, 1.54) is 23.1 Å². The van der Waals surface area contributed by atoms with Crippen molar-refractivity contribution in [2.75, 3.05) is 5.32 Å². The number of nitrogens with zero attached hydrogens (tertiary/aromatic N) is 2. The van der Waals surface area contributed by atoms with Gasteiger partial charge in [-0.15, -0.1) is 10.2 Å². The first-order valence-corrected chi connectivity index (χ1v) is 9.84.